The summed E-state index contributed by atoms with van der Waals surface area (Å²) >= 11 is 0. The summed E-state index contributed by atoms with van der Waals surface area (Å²) in [5, 5.41) is 3.66. The molecule has 3 N–H and O–H groups in total. The Morgan fingerprint density at radius 3 is 2.69 bits per heavy atom. The Hall–Kier alpha value is -0.120. The zero-order valence-electron chi connectivity index (χ0n) is 11.2. The molecule has 16 heavy (non-hydrogen) atoms. The summed E-state index contributed by atoms with van der Waals surface area (Å²) in [6.45, 7) is 12.3. The van der Waals surface area contributed by atoms with Gasteiger partial charge in [0.15, 0.2) is 0 Å². The van der Waals surface area contributed by atoms with Crippen LogP contribution in [0.1, 0.15) is 33.6 Å². The summed E-state index contributed by atoms with van der Waals surface area (Å²) in [6, 6.07) is 0.674. The quantitative estimate of drug-likeness (QED) is 0.718. The lowest BCUT2D eigenvalue weighted by Gasteiger charge is -2.39. The zero-order chi connectivity index (χ0) is 12.0. The molecule has 0 spiro atoms. The van der Waals surface area contributed by atoms with E-state index in [9.17, 15) is 0 Å². The maximum atomic E-state index is 5.66. The molecule has 2 atom stereocenters. The number of hydrogen-bond acceptors (Lipinski definition) is 3. The summed E-state index contributed by atoms with van der Waals surface area (Å²) in [5.74, 6) is 1.61. The molecule has 3 nitrogen and oxygen atoms in total. The van der Waals surface area contributed by atoms with Crippen LogP contribution in [0, 0.1) is 11.8 Å². The molecule has 0 aliphatic carbocycles. The molecule has 1 saturated heterocycles. The molecule has 1 heterocycles. The standard InChI is InChI=1S/C13H29N3/c1-4-6-15-13-8-12(11(2)3)9-16(10-13)7-5-14/h11-13,15H,4-10,14H2,1-3H3. The van der Waals surface area contributed by atoms with Gasteiger partial charge in [0, 0.05) is 32.2 Å². The van der Waals surface area contributed by atoms with Crippen molar-refractivity contribution in [2.45, 2.75) is 39.7 Å². The van der Waals surface area contributed by atoms with E-state index in [4.69, 9.17) is 5.73 Å². The van der Waals surface area contributed by atoms with Crippen molar-refractivity contribution in [1.29, 1.82) is 0 Å². The number of nitrogens with two attached hydrogens (primary N) is 1. The van der Waals surface area contributed by atoms with Crippen molar-refractivity contribution >= 4 is 0 Å². The first-order chi connectivity index (χ1) is 7.67. The van der Waals surface area contributed by atoms with Crippen molar-refractivity contribution in [2.24, 2.45) is 17.6 Å². The largest absolute Gasteiger partial charge is 0.329 e. The number of nitrogens with zero attached hydrogens (tertiary/aromatic N) is 1. The van der Waals surface area contributed by atoms with E-state index < -0.39 is 0 Å². The smallest absolute Gasteiger partial charge is 0.0198 e. The number of rotatable bonds is 6. The van der Waals surface area contributed by atoms with E-state index in [1.807, 2.05) is 0 Å². The SMILES string of the molecule is CCCNC1CC(C(C)C)CN(CCN)C1. The molecule has 0 radical (unpaired) electrons. The van der Waals surface area contributed by atoms with Gasteiger partial charge in [-0.15, -0.1) is 0 Å². The third-order valence-corrected chi connectivity index (χ3v) is 3.63. The number of likely N-dealkylation sites (tertiary alicyclic amines) is 1. The molecular weight excluding hydrogens is 198 g/mol. The summed E-state index contributed by atoms with van der Waals surface area (Å²) in [5.41, 5.74) is 5.66. The van der Waals surface area contributed by atoms with Crippen LogP contribution in [0.4, 0.5) is 0 Å². The van der Waals surface area contributed by atoms with Crippen LogP contribution < -0.4 is 11.1 Å². The highest BCUT2D eigenvalue weighted by Crippen LogP contribution is 2.23. The first kappa shape index (κ1) is 13.9. The van der Waals surface area contributed by atoms with Crippen LogP contribution in [0.3, 0.4) is 0 Å². The fraction of sp³-hybridized carbons (Fsp3) is 1.00. The summed E-state index contributed by atoms with van der Waals surface area (Å²) in [6.07, 6.45) is 2.55. The maximum absolute atomic E-state index is 5.66. The average Bonchev–Trinajstić information content (AvgIpc) is 2.26. The lowest BCUT2D eigenvalue weighted by atomic mass is 9.85. The van der Waals surface area contributed by atoms with Crippen LogP contribution in [-0.4, -0.2) is 43.7 Å². The Kier molecular flexibility index (Phi) is 6.32. The van der Waals surface area contributed by atoms with E-state index in [0.29, 0.717) is 6.04 Å². The first-order valence-corrected chi connectivity index (χ1v) is 6.83. The van der Waals surface area contributed by atoms with Crippen molar-refractivity contribution in [3.8, 4) is 0 Å². The van der Waals surface area contributed by atoms with Crippen LogP contribution in [-0.2, 0) is 0 Å². The highest BCUT2D eigenvalue weighted by molar-refractivity contribution is 4.84. The van der Waals surface area contributed by atoms with Crippen LogP contribution in [0.25, 0.3) is 0 Å². The second-order valence-electron chi connectivity index (χ2n) is 5.44. The molecule has 0 amide bonds. The van der Waals surface area contributed by atoms with Crippen molar-refractivity contribution in [3.63, 3.8) is 0 Å². The van der Waals surface area contributed by atoms with Gasteiger partial charge in [-0.1, -0.05) is 20.8 Å². The Labute approximate surface area is 101 Å². The molecule has 1 aliphatic rings. The minimum absolute atomic E-state index is 0.674. The van der Waals surface area contributed by atoms with Gasteiger partial charge in [0.05, 0.1) is 0 Å². The van der Waals surface area contributed by atoms with Gasteiger partial charge in [-0.25, -0.2) is 0 Å². The molecule has 96 valence electrons. The van der Waals surface area contributed by atoms with Gasteiger partial charge in [0.2, 0.25) is 0 Å². The molecule has 1 fully saturated rings. The highest BCUT2D eigenvalue weighted by atomic mass is 15.2. The van der Waals surface area contributed by atoms with Crippen molar-refractivity contribution in [2.75, 3.05) is 32.7 Å². The van der Waals surface area contributed by atoms with E-state index in [-0.39, 0.29) is 0 Å². The molecule has 0 aromatic carbocycles. The third kappa shape index (κ3) is 4.40. The molecule has 0 saturated carbocycles. The molecule has 0 bridgehead atoms. The topological polar surface area (TPSA) is 41.3 Å². The fourth-order valence-electron chi connectivity index (χ4n) is 2.58. The number of nitrogens with one attached hydrogen (secondary N) is 1. The van der Waals surface area contributed by atoms with Crippen LogP contribution >= 0.6 is 0 Å². The molecule has 0 aromatic rings. The Bertz CT molecular complexity index is 182. The van der Waals surface area contributed by atoms with E-state index in [1.54, 1.807) is 0 Å². The van der Waals surface area contributed by atoms with Crippen molar-refractivity contribution < 1.29 is 0 Å². The van der Waals surface area contributed by atoms with Gasteiger partial charge in [-0.2, -0.15) is 0 Å². The predicted molar refractivity (Wildman–Crippen MR) is 70.5 cm³/mol. The second-order valence-corrected chi connectivity index (χ2v) is 5.44. The van der Waals surface area contributed by atoms with Crippen LogP contribution in [0.15, 0.2) is 0 Å². The maximum Gasteiger partial charge on any atom is 0.0198 e. The predicted octanol–water partition coefficient (Wildman–Crippen LogP) is 1.29. The van der Waals surface area contributed by atoms with E-state index in [1.165, 1.54) is 25.9 Å². The van der Waals surface area contributed by atoms with Gasteiger partial charge in [0.1, 0.15) is 0 Å². The van der Waals surface area contributed by atoms with Crippen molar-refractivity contribution in [3.05, 3.63) is 0 Å². The van der Waals surface area contributed by atoms with Gasteiger partial charge in [-0.3, -0.25) is 0 Å². The fourth-order valence-corrected chi connectivity index (χ4v) is 2.58. The molecule has 1 rings (SSSR count). The number of piperidine rings is 1. The third-order valence-electron chi connectivity index (χ3n) is 3.63. The molecule has 0 aromatic heterocycles. The molecule has 3 heteroatoms. The van der Waals surface area contributed by atoms with Crippen LogP contribution in [0.2, 0.25) is 0 Å². The lowest BCUT2D eigenvalue weighted by Crippen LogP contribution is -2.51. The zero-order valence-corrected chi connectivity index (χ0v) is 11.2. The molecule has 2 unspecified atom stereocenters. The monoisotopic (exact) mass is 227 g/mol. The first-order valence-electron chi connectivity index (χ1n) is 6.83. The Morgan fingerprint density at radius 2 is 2.12 bits per heavy atom. The van der Waals surface area contributed by atoms with Gasteiger partial charge in [-0.05, 0) is 31.2 Å². The van der Waals surface area contributed by atoms with E-state index in [0.717, 1.165) is 31.5 Å². The molecular formula is C13H29N3. The minimum Gasteiger partial charge on any atom is -0.329 e. The normalized spacial score (nSPS) is 27.6. The van der Waals surface area contributed by atoms with E-state index in [2.05, 4.69) is 31.0 Å². The lowest BCUT2D eigenvalue weighted by molar-refractivity contribution is 0.119. The minimum atomic E-state index is 0.674. The van der Waals surface area contributed by atoms with E-state index >= 15 is 0 Å². The summed E-state index contributed by atoms with van der Waals surface area (Å²) in [7, 11) is 0. The Balaban J connectivity index is 2.45. The highest BCUT2D eigenvalue weighted by Gasteiger charge is 2.27. The summed E-state index contributed by atoms with van der Waals surface area (Å²) in [4.78, 5) is 2.53. The van der Waals surface area contributed by atoms with Gasteiger partial charge >= 0.3 is 0 Å². The van der Waals surface area contributed by atoms with Gasteiger partial charge < -0.3 is 16.0 Å². The van der Waals surface area contributed by atoms with Gasteiger partial charge in [0.25, 0.3) is 0 Å². The summed E-state index contributed by atoms with van der Waals surface area (Å²) < 4.78 is 0. The van der Waals surface area contributed by atoms with Crippen molar-refractivity contribution in [1.82, 2.24) is 10.2 Å². The van der Waals surface area contributed by atoms with Crippen LogP contribution in [0.5, 0.6) is 0 Å². The second kappa shape index (κ2) is 7.25. The Morgan fingerprint density at radius 1 is 1.38 bits per heavy atom. The average molecular weight is 227 g/mol. The molecule has 1 aliphatic heterocycles. The number of hydrogen-bond donors (Lipinski definition) is 2.